The van der Waals surface area contributed by atoms with Gasteiger partial charge in [-0.1, -0.05) is 0 Å². The minimum Gasteiger partial charge on any atom is -0.285 e. The molecule has 12 heavy (non-hydrogen) atoms. The number of hydrogen-bond donors (Lipinski definition) is 1. The molecule has 1 N–H and O–H groups in total. The third-order valence-corrected chi connectivity index (χ3v) is 3.79. The van der Waals surface area contributed by atoms with E-state index < -0.39 is 30.5 Å². The fourth-order valence-electron chi connectivity index (χ4n) is 0.263. The van der Waals surface area contributed by atoms with E-state index in [2.05, 4.69) is 0 Å². The molecule has 0 aromatic carbocycles. The van der Waals surface area contributed by atoms with Crippen LogP contribution in [0.3, 0.4) is 0 Å². The monoisotopic (exact) mass is 228 g/mol. The number of sulfone groups is 1. The first-order valence-electron chi connectivity index (χ1n) is 2.20. The second-order valence-corrected chi connectivity index (χ2v) is 5.56. The van der Waals surface area contributed by atoms with Crippen molar-refractivity contribution in [2.75, 3.05) is 5.08 Å². The molecule has 0 aliphatic carbocycles. The molecule has 10 heteroatoms. The zero-order chi connectivity index (χ0) is 10.2. The largest absolute Gasteiger partial charge is 0.498 e. The van der Waals surface area contributed by atoms with Crippen LogP contribution in [-0.4, -0.2) is 32.0 Å². The Morgan fingerprint density at radius 2 is 1.42 bits per heavy atom. The first kappa shape index (κ1) is 11.6. The Hall–Kier alpha value is -0.350. The van der Waals surface area contributed by atoms with Crippen LogP contribution in [-0.2, 0) is 20.0 Å². The van der Waals surface area contributed by atoms with Gasteiger partial charge in [0.05, 0.1) is 0 Å². The molecule has 0 rings (SSSR count). The molecule has 0 radical (unpaired) electrons. The molecule has 0 bridgehead atoms. The first-order valence-corrected chi connectivity index (χ1v) is 5.46. The summed E-state index contributed by atoms with van der Waals surface area (Å²) in [5, 5.41) is -2.34. The molecule has 0 saturated heterocycles. The van der Waals surface area contributed by atoms with Crippen LogP contribution >= 0.6 is 0 Å². The van der Waals surface area contributed by atoms with Crippen LogP contribution in [0.15, 0.2) is 0 Å². The van der Waals surface area contributed by atoms with Gasteiger partial charge in [-0.3, -0.25) is 4.55 Å². The van der Waals surface area contributed by atoms with Gasteiger partial charge in [0.1, 0.15) is 0 Å². The fourth-order valence-corrected chi connectivity index (χ4v) is 2.37. The summed E-state index contributed by atoms with van der Waals surface area (Å²) >= 11 is 0. The Morgan fingerprint density at radius 3 is 1.50 bits per heavy atom. The standard InChI is InChI=1S/C2H3F3O5S2/c3-2(4,5)11(6,7)1-12(8,9)10/h1H2,(H,8,9,10). The molecule has 0 aliphatic rings. The zero-order valence-electron chi connectivity index (χ0n) is 5.24. The van der Waals surface area contributed by atoms with Gasteiger partial charge in [0, 0.05) is 0 Å². The summed E-state index contributed by atoms with van der Waals surface area (Å²) in [5.74, 6) is 0. The number of halogens is 3. The lowest BCUT2D eigenvalue weighted by atomic mass is 11.6. The van der Waals surface area contributed by atoms with Crippen molar-refractivity contribution in [1.82, 2.24) is 0 Å². The number of alkyl halides is 3. The van der Waals surface area contributed by atoms with Crippen LogP contribution in [0.1, 0.15) is 0 Å². The maximum atomic E-state index is 11.4. The van der Waals surface area contributed by atoms with E-state index in [0.717, 1.165) is 0 Å². The highest BCUT2D eigenvalue weighted by Gasteiger charge is 2.47. The lowest BCUT2D eigenvalue weighted by Crippen LogP contribution is -2.29. The van der Waals surface area contributed by atoms with E-state index in [-0.39, 0.29) is 0 Å². The summed E-state index contributed by atoms with van der Waals surface area (Å²) in [4.78, 5) is 0. The van der Waals surface area contributed by atoms with Crippen molar-refractivity contribution in [2.45, 2.75) is 5.51 Å². The summed E-state index contributed by atoms with van der Waals surface area (Å²) in [5.41, 5.74) is -5.66. The van der Waals surface area contributed by atoms with Crippen molar-refractivity contribution in [3.05, 3.63) is 0 Å². The number of hydrogen-bond acceptors (Lipinski definition) is 4. The van der Waals surface area contributed by atoms with Gasteiger partial charge >= 0.3 is 5.51 Å². The minimum absolute atomic E-state index is 2.34. The third kappa shape index (κ3) is 3.36. The highest BCUT2D eigenvalue weighted by molar-refractivity contribution is 8.06. The average molecular weight is 228 g/mol. The summed E-state index contributed by atoms with van der Waals surface area (Å²) in [6.45, 7) is 0. The number of rotatable bonds is 2. The van der Waals surface area contributed by atoms with Gasteiger partial charge in [-0.25, -0.2) is 8.42 Å². The van der Waals surface area contributed by atoms with Crippen LogP contribution in [0.4, 0.5) is 13.2 Å². The molecule has 0 heterocycles. The van der Waals surface area contributed by atoms with Crippen molar-refractivity contribution < 1.29 is 34.6 Å². The Labute approximate surface area is 65.9 Å². The zero-order valence-corrected chi connectivity index (χ0v) is 6.87. The molecule has 0 aromatic rings. The fraction of sp³-hybridized carbons (Fsp3) is 1.00. The predicted octanol–water partition coefficient (Wildman–Crippen LogP) is -0.234. The van der Waals surface area contributed by atoms with Crippen molar-refractivity contribution in [3.63, 3.8) is 0 Å². The molecule has 0 atom stereocenters. The summed E-state index contributed by atoms with van der Waals surface area (Å²) < 4.78 is 81.6. The molecule has 0 fully saturated rings. The lowest BCUT2D eigenvalue weighted by Gasteiger charge is -2.04. The second kappa shape index (κ2) is 2.85. The Bertz CT molecular complexity index is 347. The molecule has 0 aromatic heterocycles. The highest BCUT2D eigenvalue weighted by atomic mass is 32.3. The van der Waals surface area contributed by atoms with E-state index in [4.69, 9.17) is 4.55 Å². The van der Waals surface area contributed by atoms with Crippen molar-refractivity contribution in [2.24, 2.45) is 0 Å². The maximum Gasteiger partial charge on any atom is 0.498 e. The van der Waals surface area contributed by atoms with Gasteiger partial charge in [-0.05, 0) is 0 Å². The molecular formula is C2H3F3O5S2. The Kier molecular flexibility index (Phi) is 2.77. The van der Waals surface area contributed by atoms with E-state index in [1.54, 1.807) is 0 Å². The van der Waals surface area contributed by atoms with E-state index >= 15 is 0 Å². The van der Waals surface area contributed by atoms with Crippen LogP contribution < -0.4 is 0 Å². The molecule has 74 valence electrons. The third-order valence-electron chi connectivity index (χ3n) is 0.657. The molecule has 0 aliphatic heterocycles. The minimum atomic E-state index is -5.79. The van der Waals surface area contributed by atoms with E-state index in [1.807, 2.05) is 0 Å². The molecule has 0 amide bonds. The second-order valence-electron chi connectivity index (χ2n) is 1.76. The topological polar surface area (TPSA) is 88.5 Å². The van der Waals surface area contributed by atoms with Crippen LogP contribution in [0.5, 0.6) is 0 Å². The van der Waals surface area contributed by atoms with Gasteiger partial charge in [-0.15, -0.1) is 0 Å². The molecule has 0 spiro atoms. The first-order chi connectivity index (χ1) is 4.96. The summed E-state index contributed by atoms with van der Waals surface area (Å²) in [6.07, 6.45) is 0. The van der Waals surface area contributed by atoms with Crippen molar-refractivity contribution in [1.29, 1.82) is 0 Å². The van der Waals surface area contributed by atoms with Gasteiger partial charge < -0.3 is 0 Å². The van der Waals surface area contributed by atoms with Crippen molar-refractivity contribution in [3.8, 4) is 0 Å². The summed E-state index contributed by atoms with van der Waals surface area (Å²) in [6, 6.07) is 0. The summed E-state index contributed by atoms with van der Waals surface area (Å²) in [7, 11) is -11.0. The predicted molar refractivity (Wildman–Crippen MR) is 31.4 cm³/mol. The van der Waals surface area contributed by atoms with Crippen molar-refractivity contribution >= 4 is 20.0 Å². The lowest BCUT2D eigenvalue weighted by molar-refractivity contribution is -0.0431. The van der Waals surface area contributed by atoms with Gasteiger partial charge in [0.2, 0.25) is 0 Å². The van der Waals surface area contributed by atoms with E-state index in [0.29, 0.717) is 0 Å². The smallest absolute Gasteiger partial charge is 0.285 e. The highest BCUT2D eigenvalue weighted by Crippen LogP contribution is 2.24. The SMILES string of the molecule is O=S(=O)(O)CS(=O)(=O)C(F)(F)F. The normalized spacial score (nSPS) is 14.7. The Balaban J connectivity index is 4.96. The van der Waals surface area contributed by atoms with Gasteiger partial charge in [-0.2, -0.15) is 21.6 Å². The molecule has 0 unspecified atom stereocenters. The maximum absolute atomic E-state index is 11.4. The van der Waals surface area contributed by atoms with Crippen LogP contribution in [0, 0.1) is 0 Å². The van der Waals surface area contributed by atoms with Crippen LogP contribution in [0.2, 0.25) is 0 Å². The Morgan fingerprint density at radius 1 is 1.08 bits per heavy atom. The average Bonchev–Trinajstić information content (AvgIpc) is 1.52. The molecule has 5 nitrogen and oxygen atoms in total. The van der Waals surface area contributed by atoms with Crippen LogP contribution in [0.25, 0.3) is 0 Å². The van der Waals surface area contributed by atoms with Gasteiger partial charge in [0.25, 0.3) is 20.0 Å². The quantitative estimate of drug-likeness (QED) is 0.659. The molecule has 0 saturated carbocycles. The van der Waals surface area contributed by atoms with E-state index in [9.17, 15) is 30.0 Å². The van der Waals surface area contributed by atoms with Gasteiger partial charge in [0.15, 0.2) is 5.08 Å². The molecular weight excluding hydrogens is 225 g/mol. The van der Waals surface area contributed by atoms with E-state index in [1.165, 1.54) is 0 Å².